The molecule has 2 rings (SSSR count). The molecule has 0 atom stereocenters. The Morgan fingerprint density at radius 1 is 1.13 bits per heavy atom. The van der Waals surface area contributed by atoms with Crippen molar-refractivity contribution in [3.63, 3.8) is 0 Å². The number of hydrogen-bond acceptors (Lipinski definition) is 3. The summed E-state index contributed by atoms with van der Waals surface area (Å²) in [5.74, 6) is -0.216. The van der Waals surface area contributed by atoms with Crippen LogP contribution < -0.4 is 5.32 Å². The third-order valence-corrected chi connectivity index (χ3v) is 4.03. The van der Waals surface area contributed by atoms with Gasteiger partial charge in [-0.05, 0) is 31.2 Å². The first-order chi connectivity index (χ1) is 11.1. The number of nitrogens with zero attached hydrogens (tertiary/aromatic N) is 2. The van der Waals surface area contributed by atoms with E-state index in [1.54, 1.807) is 17.0 Å². The summed E-state index contributed by atoms with van der Waals surface area (Å²) in [5.41, 5.74) is 0.682. The summed E-state index contributed by atoms with van der Waals surface area (Å²) in [5, 5.41) is 2.97. The first-order valence-corrected chi connectivity index (χ1v) is 8.04. The average molecular weight is 321 g/mol. The second-order valence-corrected chi connectivity index (χ2v) is 5.78. The molecule has 0 spiro atoms. The predicted octanol–water partition coefficient (Wildman–Crippen LogP) is 1.04. The highest BCUT2D eigenvalue weighted by molar-refractivity contribution is 5.79. The summed E-state index contributed by atoms with van der Waals surface area (Å²) in [6.07, 6.45) is 1.46. The molecule has 0 bridgehead atoms. The maximum absolute atomic E-state index is 13.2. The number of benzene rings is 1. The summed E-state index contributed by atoms with van der Waals surface area (Å²) in [6.45, 7) is 3.10. The number of amides is 2. The summed E-state index contributed by atoms with van der Waals surface area (Å²) in [6, 6.07) is 6.13. The number of rotatable bonds is 5. The zero-order valence-electron chi connectivity index (χ0n) is 13.6. The summed E-state index contributed by atoms with van der Waals surface area (Å²) < 4.78 is 13.2. The van der Waals surface area contributed by atoms with Gasteiger partial charge in [-0.15, -0.1) is 0 Å². The van der Waals surface area contributed by atoms with Crippen molar-refractivity contribution in [2.45, 2.75) is 19.3 Å². The maximum Gasteiger partial charge on any atom is 0.227 e. The van der Waals surface area contributed by atoms with Crippen molar-refractivity contribution in [2.75, 3.05) is 39.8 Å². The lowest BCUT2D eigenvalue weighted by Crippen LogP contribution is -2.38. The molecule has 6 heteroatoms. The fourth-order valence-electron chi connectivity index (χ4n) is 2.74. The van der Waals surface area contributed by atoms with Crippen LogP contribution in [0.5, 0.6) is 0 Å². The van der Waals surface area contributed by atoms with Crippen LogP contribution in [0, 0.1) is 5.82 Å². The lowest BCUT2D eigenvalue weighted by molar-refractivity contribution is -0.133. The van der Waals surface area contributed by atoms with Crippen LogP contribution in [0.1, 0.15) is 18.4 Å². The van der Waals surface area contributed by atoms with E-state index in [1.165, 1.54) is 12.1 Å². The van der Waals surface area contributed by atoms with Gasteiger partial charge in [-0.25, -0.2) is 4.39 Å². The zero-order chi connectivity index (χ0) is 16.7. The van der Waals surface area contributed by atoms with Gasteiger partial charge in [0.2, 0.25) is 11.8 Å². The van der Waals surface area contributed by atoms with Gasteiger partial charge in [-0.1, -0.05) is 12.1 Å². The third kappa shape index (κ3) is 5.32. The van der Waals surface area contributed by atoms with Gasteiger partial charge in [0.25, 0.3) is 0 Å². The molecule has 5 nitrogen and oxygen atoms in total. The van der Waals surface area contributed by atoms with Crippen molar-refractivity contribution in [3.8, 4) is 0 Å². The second-order valence-electron chi connectivity index (χ2n) is 5.78. The van der Waals surface area contributed by atoms with Crippen molar-refractivity contribution < 1.29 is 14.0 Å². The summed E-state index contributed by atoms with van der Waals surface area (Å²) in [7, 11) is 1.82. The van der Waals surface area contributed by atoms with Gasteiger partial charge < -0.3 is 15.1 Å². The number of carbonyl (C=O) groups excluding carboxylic acids is 2. The Bertz CT molecular complexity index is 550. The Morgan fingerprint density at radius 2 is 1.83 bits per heavy atom. The number of halogens is 1. The van der Waals surface area contributed by atoms with E-state index in [0.29, 0.717) is 44.7 Å². The molecule has 0 aliphatic carbocycles. The Balaban J connectivity index is 1.87. The van der Waals surface area contributed by atoms with Gasteiger partial charge in [-0.2, -0.15) is 0 Å². The molecule has 1 saturated heterocycles. The molecule has 1 aliphatic rings. The molecule has 1 N–H and O–H groups in total. The van der Waals surface area contributed by atoms with E-state index in [1.807, 2.05) is 11.9 Å². The van der Waals surface area contributed by atoms with E-state index < -0.39 is 0 Å². The Morgan fingerprint density at radius 3 is 2.48 bits per heavy atom. The van der Waals surface area contributed by atoms with Crippen LogP contribution in [0.4, 0.5) is 4.39 Å². The molecular weight excluding hydrogens is 297 g/mol. The zero-order valence-corrected chi connectivity index (χ0v) is 13.6. The SMILES string of the molecule is CNCCC(=O)N1CCCN(C(=O)Cc2cccc(F)c2)CC1. The van der Waals surface area contributed by atoms with Crippen molar-refractivity contribution in [3.05, 3.63) is 35.6 Å². The molecule has 126 valence electrons. The van der Waals surface area contributed by atoms with Gasteiger partial charge >= 0.3 is 0 Å². The van der Waals surface area contributed by atoms with Crippen LogP contribution in [-0.4, -0.2) is 61.4 Å². The average Bonchev–Trinajstić information content (AvgIpc) is 2.78. The van der Waals surface area contributed by atoms with Gasteiger partial charge in [0.05, 0.1) is 6.42 Å². The van der Waals surface area contributed by atoms with Crippen LogP contribution in [0.3, 0.4) is 0 Å². The van der Waals surface area contributed by atoms with E-state index in [4.69, 9.17) is 0 Å². The summed E-state index contributed by atoms with van der Waals surface area (Å²) >= 11 is 0. The summed E-state index contributed by atoms with van der Waals surface area (Å²) in [4.78, 5) is 28.0. The van der Waals surface area contributed by atoms with E-state index in [2.05, 4.69) is 5.32 Å². The number of hydrogen-bond donors (Lipinski definition) is 1. The van der Waals surface area contributed by atoms with Crippen LogP contribution in [-0.2, 0) is 16.0 Å². The Hall–Kier alpha value is -1.95. The van der Waals surface area contributed by atoms with Crippen molar-refractivity contribution >= 4 is 11.8 Å². The highest BCUT2D eigenvalue weighted by Crippen LogP contribution is 2.09. The monoisotopic (exact) mass is 321 g/mol. The van der Waals surface area contributed by atoms with Crippen LogP contribution in [0.2, 0.25) is 0 Å². The molecule has 0 radical (unpaired) electrons. The van der Waals surface area contributed by atoms with E-state index in [9.17, 15) is 14.0 Å². The minimum atomic E-state index is -0.326. The molecule has 0 unspecified atom stereocenters. The van der Waals surface area contributed by atoms with Crippen LogP contribution >= 0.6 is 0 Å². The van der Waals surface area contributed by atoms with Gasteiger partial charge in [0.1, 0.15) is 5.82 Å². The fourth-order valence-corrected chi connectivity index (χ4v) is 2.74. The Kier molecular flexibility index (Phi) is 6.52. The molecule has 1 aromatic carbocycles. The van der Waals surface area contributed by atoms with Crippen molar-refractivity contribution in [1.82, 2.24) is 15.1 Å². The standard InChI is InChI=1S/C17H24FN3O2/c1-19-7-6-16(22)20-8-3-9-21(11-10-20)17(23)13-14-4-2-5-15(18)12-14/h2,4-5,12,19H,3,6-11,13H2,1H3. The highest BCUT2D eigenvalue weighted by Gasteiger charge is 2.21. The third-order valence-electron chi connectivity index (χ3n) is 4.03. The normalized spacial score (nSPS) is 15.4. The molecule has 1 aromatic rings. The number of carbonyl (C=O) groups is 2. The van der Waals surface area contributed by atoms with Crippen LogP contribution in [0.25, 0.3) is 0 Å². The van der Waals surface area contributed by atoms with E-state index >= 15 is 0 Å². The topological polar surface area (TPSA) is 52.7 Å². The second kappa shape index (κ2) is 8.62. The maximum atomic E-state index is 13.2. The van der Waals surface area contributed by atoms with Gasteiger partial charge in [-0.3, -0.25) is 9.59 Å². The number of nitrogens with one attached hydrogen (secondary N) is 1. The predicted molar refractivity (Wildman–Crippen MR) is 86.4 cm³/mol. The minimum absolute atomic E-state index is 0.0138. The van der Waals surface area contributed by atoms with Crippen LogP contribution in [0.15, 0.2) is 24.3 Å². The molecule has 1 heterocycles. The molecule has 1 aliphatic heterocycles. The first-order valence-electron chi connectivity index (χ1n) is 8.04. The largest absolute Gasteiger partial charge is 0.341 e. The first kappa shape index (κ1) is 17.4. The van der Waals surface area contributed by atoms with Crippen molar-refractivity contribution in [2.24, 2.45) is 0 Å². The van der Waals surface area contributed by atoms with Gasteiger partial charge in [0, 0.05) is 39.1 Å². The fraction of sp³-hybridized carbons (Fsp3) is 0.529. The molecule has 0 aromatic heterocycles. The lowest BCUT2D eigenvalue weighted by atomic mass is 10.1. The Labute approximate surface area is 136 Å². The molecule has 23 heavy (non-hydrogen) atoms. The van der Waals surface area contributed by atoms with E-state index in [-0.39, 0.29) is 24.1 Å². The van der Waals surface area contributed by atoms with Crippen molar-refractivity contribution in [1.29, 1.82) is 0 Å². The highest BCUT2D eigenvalue weighted by atomic mass is 19.1. The molecule has 2 amide bonds. The minimum Gasteiger partial charge on any atom is -0.341 e. The van der Waals surface area contributed by atoms with Gasteiger partial charge in [0.15, 0.2) is 0 Å². The molecule has 1 fully saturated rings. The van der Waals surface area contributed by atoms with E-state index in [0.717, 1.165) is 6.42 Å². The molecule has 0 saturated carbocycles. The quantitative estimate of drug-likeness (QED) is 0.882. The molecular formula is C17H24FN3O2. The lowest BCUT2D eigenvalue weighted by Gasteiger charge is -2.22. The smallest absolute Gasteiger partial charge is 0.227 e.